The summed E-state index contributed by atoms with van der Waals surface area (Å²) in [5, 5.41) is 3.00. The molecule has 2 heterocycles. The number of nitrogens with zero attached hydrogens (tertiary/aromatic N) is 2. The number of carbonyl (C=O) groups is 3. The minimum absolute atomic E-state index is 0.0379. The maximum atomic E-state index is 13.1. The first kappa shape index (κ1) is 21.7. The van der Waals surface area contributed by atoms with Gasteiger partial charge in [0.15, 0.2) is 0 Å². The van der Waals surface area contributed by atoms with Gasteiger partial charge in [0.2, 0.25) is 17.7 Å². The van der Waals surface area contributed by atoms with E-state index < -0.39 is 11.6 Å². The number of rotatable bonds is 5. The van der Waals surface area contributed by atoms with Crippen molar-refractivity contribution < 1.29 is 14.4 Å². The molecule has 3 amide bonds. The summed E-state index contributed by atoms with van der Waals surface area (Å²) in [5.74, 6) is 0.483. The van der Waals surface area contributed by atoms with Gasteiger partial charge in [0.25, 0.3) is 0 Å². The van der Waals surface area contributed by atoms with Gasteiger partial charge in [-0.1, -0.05) is 41.5 Å². The van der Waals surface area contributed by atoms with E-state index in [1.165, 1.54) is 0 Å². The molecule has 0 aliphatic carbocycles. The maximum absolute atomic E-state index is 13.1. The number of piperazine rings is 1. The first-order valence-electron chi connectivity index (χ1n) is 10.4. The predicted octanol–water partition coefficient (Wildman–Crippen LogP) is 2.57. The first-order chi connectivity index (χ1) is 12.5. The summed E-state index contributed by atoms with van der Waals surface area (Å²) in [4.78, 5) is 42.4. The molecule has 0 aromatic carbocycles. The van der Waals surface area contributed by atoms with Gasteiger partial charge in [-0.05, 0) is 37.0 Å². The summed E-state index contributed by atoms with van der Waals surface area (Å²) in [6, 6.07) is -0.421. The SMILES string of the molecule is CCCN1C(=O)C(CC(C)C)NC(=O)C12CCN(C(=O)CC(C)(C)C)CC2. The zero-order chi connectivity index (χ0) is 20.4. The van der Waals surface area contributed by atoms with Crippen molar-refractivity contribution in [1.29, 1.82) is 0 Å². The molecule has 2 aliphatic heterocycles. The average molecular weight is 380 g/mol. The molecule has 0 aromatic heterocycles. The smallest absolute Gasteiger partial charge is 0.246 e. The van der Waals surface area contributed by atoms with Crippen molar-refractivity contribution in [3.63, 3.8) is 0 Å². The highest BCUT2D eigenvalue weighted by atomic mass is 16.2. The molecule has 6 nitrogen and oxygen atoms in total. The quantitative estimate of drug-likeness (QED) is 0.798. The molecule has 0 aromatic rings. The number of hydrogen-bond acceptors (Lipinski definition) is 3. The van der Waals surface area contributed by atoms with E-state index in [0.717, 1.165) is 6.42 Å². The second-order valence-corrected chi connectivity index (χ2v) is 9.80. The molecule has 2 rings (SSSR count). The van der Waals surface area contributed by atoms with Gasteiger partial charge in [0.05, 0.1) is 0 Å². The second kappa shape index (κ2) is 8.19. The van der Waals surface area contributed by atoms with Gasteiger partial charge in [-0.2, -0.15) is 0 Å². The van der Waals surface area contributed by atoms with Gasteiger partial charge in [-0.25, -0.2) is 0 Å². The fourth-order valence-corrected chi connectivity index (χ4v) is 4.24. The summed E-state index contributed by atoms with van der Waals surface area (Å²) >= 11 is 0. The average Bonchev–Trinajstić information content (AvgIpc) is 2.55. The van der Waals surface area contributed by atoms with E-state index in [9.17, 15) is 14.4 Å². The van der Waals surface area contributed by atoms with Gasteiger partial charge in [0, 0.05) is 26.1 Å². The molecule has 0 saturated carbocycles. The molecule has 1 unspecified atom stereocenters. The van der Waals surface area contributed by atoms with Crippen molar-refractivity contribution in [1.82, 2.24) is 15.1 Å². The Morgan fingerprint density at radius 3 is 2.30 bits per heavy atom. The zero-order valence-corrected chi connectivity index (χ0v) is 17.9. The fourth-order valence-electron chi connectivity index (χ4n) is 4.24. The molecule has 154 valence electrons. The van der Waals surface area contributed by atoms with Crippen LogP contribution in [0.5, 0.6) is 0 Å². The lowest BCUT2D eigenvalue weighted by Crippen LogP contribution is -2.73. The van der Waals surface area contributed by atoms with Crippen LogP contribution in [0.3, 0.4) is 0 Å². The van der Waals surface area contributed by atoms with Crippen LogP contribution in [0.15, 0.2) is 0 Å². The van der Waals surface area contributed by atoms with Gasteiger partial charge in [-0.15, -0.1) is 0 Å². The van der Waals surface area contributed by atoms with Crippen molar-refractivity contribution >= 4 is 17.7 Å². The highest BCUT2D eigenvalue weighted by Gasteiger charge is 2.53. The molecule has 1 atom stereocenters. The summed E-state index contributed by atoms with van der Waals surface area (Å²) in [5.41, 5.74) is -0.845. The normalized spacial score (nSPS) is 23.1. The number of carbonyl (C=O) groups excluding carboxylic acids is 3. The van der Waals surface area contributed by atoms with Crippen LogP contribution in [-0.2, 0) is 14.4 Å². The van der Waals surface area contributed by atoms with E-state index in [1.54, 1.807) is 0 Å². The zero-order valence-electron chi connectivity index (χ0n) is 17.9. The largest absolute Gasteiger partial charge is 0.342 e. The van der Waals surface area contributed by atoms with E-state index in [2.05, 4.69) is 39.9 Å². The fraction of sp³-hybridized carbons (Fsp3) is 0.857. The Bertz CT molecular complexity index is 572. The van der Waals surface area contributed by atoms with E-state index in [4.69, 9.17) is 0 Å². The van der Waals surface area contributed by atoms with Crippen LogP contribution in [0.2, 0.25) is 0 Å². The molecule has 1 N–H and O–H groups in total. The molecule has 6 heteroatoms. The van der Waals surface area contributed by atoms with Crippen LogP contribution in [0, 0.1) is 11.3 Å². The Balaban J connectivity index is 2.15. The van der Waals surface area contributed by atoms with Gasteiger partial charge < -0.3 is 15.1 Å². The summed E-state index contributed by atoms with van der Waals surface area (Å²) < 4.78 is 0. The molecule has 2 aliphatic rings. The molecular formula is C21H37N3O3. The molecule has 2 saturated heterocycles. The molecule has 0 bridgehead atoms. The summed E-state index contributed by atoms with van der Waals surface area (Å²) in [6.45, 7) is 14.0. The second-order valence-electron chi connectivity index (χ2n) is 9.80. The van der Waals surface area contributed by atoms with Gasteiger partial charge in [0.1, 0.15) is 11.6 Å². The van der Waals surface area contributed by atoms with Crippen LogP contribution >= 0.6 is 0 Å². The minimum Gasteiger partial charge on any atom is -0.342 e. The number of nitrogens with one attached hydrogen (secondary N) is 1. The summed E-state index contributed by atoms with van der Waals surface area (Å²) in [7, 11) is 0. The molecular weight excluding hydrogens is 342 g/mol. The lowest BCUT2D eigenvalue weighted by molar-refractivity contribution is -0.163. The highest BCUT2D eigenvalue weighted by Crippen LogP contribution is 2.34. The number of amides is 3. The maximum Gasteiger partial charge on any atom is 0.246 e. The van der Waals surface area contributed by atoms with E-state index in [0.29, 0.717) is 51.2 Å². The molecule has 27 heavy (non-hydrogen) atoms. The number of piperidine rings is 1. The third-order valence-electron chi connectivity index (χ3n) is 5.59. The van der Waals surface area contributed by atoms with Crippen LogP contribution < -0.4 is 5.32 Å². The van der Waals surface area contributed by atoms with Gasteiger partial charge >= 0.3 is 0 Å². The van der Waals surface area contributed by atoms with E-state index in [1.807, 2.05) is 16.7 Å². The van der Waals surface area contributed by atoms with Gasteiger partial charge in [-0.3, -0.25) is 14.4 Å². The van der Waals surface area contributed by atoms with Crippen molar-refractivity contribution in [2.24, 2.45) is 11.3 Å². The lowest BCUT2D eigenvalue weighted by atomic mass is 9.80. The third-order valence-corrected chi connectivity index (χ3v) is 5.59. The third kappa shape index (κ3) is 4.82. The van der Waals surface area contributed by atoms with Crippen molar-refractivity contribution in [3.05, 3.63) is 0 Å². The van der Waals surface area contributed by atoms with E-state index >= 15 is 0 Å². The topological polar surface area (TPSA) is 69.7 Å². The molecule has 1 spiro atoms. The predicted molar refractivity (Wildman–Crippen MR) is 106 cm³/mol. The van der Waals surface area contributed by atoms with Crippen LogP contribution in [0.4, 0.5) is 0 Å². The first-order valence-corrected chi connectivity index (χ1v) is 10.4. The Morgan fingerprint density at radius 1 is 1.22 bits per heavy atom. The lowest BCUT2D eigenvalue weighted by Gasteiger charge is -2.52. The molecule has 2 fully saturated rings. The standard InChI is InChI=1S/C21H37N3O3/c1-7-10-24-18(26)16(13-15(2)3)22-19(27)21(24)8-11-23(12-9-21)17(25)14-20(4,5)6/h15-16H,7-14H2,1-6H3,(H,22,27). The van der Waals surface area contributed by atoms with Crippen LogP contribution in [0.1, 0.15) is 73.6 Å². The Kier molecular flexibility index (Phi) is 6.59. The monoisotopic (exact) mass is 379 g/mol. The van der Waals surface area contributed by atoms with Crippen molar-refractivity contribution in [3.8, 4) is 0 Å². The Labute approximate surface area is 164 Å². The number of hydrogen-bond donors (Lipinski definition) is 1. The Morgan fingerprint density at radius 2 is 1.81 bits per heavy atom. The van der Waals surface area contributed by atoms with Crippen LogP contribution in [-0.4, -0.2) is 58.7 Å². The van der Waals surface area contributed by atoms with Crippen molar-refractivity contribution in [2.45, 2.75) is 85.2 Å². The summed E-state index contributed by atoms with van der Waals surface area (Å²) in [6.07, 6.45) is 3.03. The van der Waals surface area contributed by atoms with Crippen LogP contribution in [0.25, 0.3) is 0 Å². The number of likely N-dealkylation sites (tertiary alicyclic amines) is 1. The minimum atomic E-state index is -0.793. The van der Waals surface area contributed by atoms with E-state index in [-0.39, 0.29) is 23.1 Å². The Hall–Kier alpha value is -1.59. The molecule has 0 radical (unpaired) electrons. The highest BCUT2D eigenvalue weighted by molar-refractivity contribution is 6.00. The van der Waals surface area contributed by atoms with Crippen molar-refractivity contribution in [2.75, 3.05) is 19.6 Å².